The Hall–Kier alpha value is -2.87. The number of fused-ring (bicyclic) bond motifs is 3. The van der Waals surface area contributed by atoms with Crippen LogP contribution >= 0.6 is 11.8 Å². The summed E-state index contributed by atoms with van der Waals surface area (Å²) < 4.78 is 5.13. The number of hydrazone groups is 1. The number of nitrogens with one attached hydrogen (secondary N) is 1. The van der Waals surface area contributed by atoms with Crippen molar-refractivity contribution in [2.24, 2.45) is 10.1 Å². The van der Waals surface area contributed by atoms with E-state index >= 15 is 0 Å². The minimum atomic E-state index is -0.476. The monoisotopic (exact) mass is 410 g/mol. The first-order valence-corrected chi connectivity index (χ1v) is 10.5. The lowest BCUT2D eigenvalue weighted by molar-refractivity contribution is 0.0522. The molecule has 1 aromatic heterocycles. The Balaban J connectivity index is 1.57. The Labute approximate surface area is 173 Å². The quantitative estimate of drug-likeness (QED) is 0.591. The summed E-state index contributed by atoms with van der Waals surface area (Å²) in [6.45, 7) is 5.57. The van der Waals surface area contributed by atoms with E-state index in [-0.39, 0.29) is 24.2 Å². The number of thioether (sulfide) groups is 1. The van der Waals surface area contributed by atoms with E-state index in [1.165, 1.54) is 11.8 Å². The zero-order chi connectivity index (χ0) is 20.5. The number of aromatic amines is 1. The Kier molecular flexibility index (Phi) is 5.27. The molecule has 0 unspecified atom stereocenters. The van der Waals surface area contributed by atoms with Gasteiger partial charge >= 0.3 is 5.97 Å². The number of H-pyrrole nitrogens is 1. The number of rotatable bonds is 5. The first-order chi connectivity index (χ1) is 14.0. The number of hydrogen-bond acceptors (Lipinski definition) is 7. The molecule has 1 atom stereocenters. The van der Waals surface area contributed by atoms with Gasteiger partial charge in [0.1, 0.15) is 0 Å². The SMILES string of the molecule is CCOC(=O)c1c(C)[nH]c(C)c1C(=O)CSC1=Nc2ccccc2[C@@H]2CC=NN12. The standard InChI is InChI=1S/C21H22N4O3S/c1-4-28-20(27)19-13(3)23-12(2)18(19)17(26)11-29-21-24-15-8-6-5-7-14(15)16-9-10-22-25(16)21/h5-8,10,16,23H,4,9,11H2,1-3H3/t16-/m0/s1. The average molecular weight is 410 g/mol. The molecule has 2 aliphatic heterocycles. The van der Waals surface area contributed by atoms with E-state index < -0.39 is 5.97 Å². The van der Waals surface area contributed by atoms with Crippen molar-refractivity contribution in [2.75, 3.05) is 12.4 Å². The summed E-state index contributed by atoms with van der Waals surface area (Å²) in [5.41, 5.74) is 4.08. The number of benzene rings is 1. The molecule has 0 radical (unpaired) electrons. The Morgan fingerprint density at radius 2 is 2.00 bits per heavy atom. The van der Waals surface area contributed by atoms with Crippen molar-refractivity contribution >= 4 is 40.6 Å². The van der Waals surface area contributed by atoms with Crippen LogP contribution in [0.25, 0.3) is 0 Å². The number of ketones is 1. The number of aliphatic imine (C=N–C) groups is 1. The van der Waals surface area contributed by atoms with Crippen LogP contribution in [0, 0.1) is 13.8 Å². The maximum Gasteiger partial charge on any atom is 0.340 e. The van der Waals surface area contributed by atoms with Crippen LogP contribution in [0.3, 0.4) is 0 Å². The average Bonchev–Trinajstić information content (AvgIpc) is 3.30. The van der Waals surface area contributed by atoms with Crippen LogP contribution in [0.1, 0.15) is 57.1 Å². The van der Waals surface area contributed by atoms with Crippen LogP contribution in [0.4, 0.5) is 5.69 Å². The molecule has 2 aromatic rings. The number of hydrogen-bond donors (Lipinski definition) is 1. The van der Waals surface area contributed by atoms with E-state index in [9.17, 15) is 9.59 Å². The topological polar surface area (TPSA) is 87.1 Å². The number of nitrogens with zero attached hydrogens (tertiary/aromatic N) is 3. The fourth-order valence-electron chi connectivity index (χ4n) is 3.77. The number of aromatic nitrogens is 1. The summed E-state index contributed by atoms with van der Waals surface area (Å²) in [7, 11) is 0. The number of amidine groups is 1. The molecule has 0 fully saturated rings. The highest BCUT2D eigenvalue weighted by Crippen LogP contribution is 2.41. The van der Waals surface area contributed by atoms with Gasteiger partial charge in [0.2, 0.25) is 0 Å². The fraction of sp³-hybridized carbons (Fsp3) is 0.333. The number of carbonyl (C=O) groups is 2. The van der Waals surface area contributed by atoms with E-state index in [1.54, 1.807) is 20.8 Å². The van der Waals surface area contributed by atoms with Gasteiger partial charge in [0.05, 0.1) is 35.2 Å². The molecule has 3 heterocycles. The molecule has 29 heavy (non-hydrogen) atoms. The van der Waals surface area contributed by atoms with E-state index in [2.05, 4.69) is 16.2 Å². The second-order valence-electron chi connectivity index (χ2n) is 6.90. The second-order valence-corrected chi connectivity index (χ2v) is 7.85. The minimum absolute atomic E-state index is 0.118. The lowest BCUT2D eigenvalue weighted by atomic mass is 10.0. The van der Waals surface area contributed by atoms with Gasteiger partial charge in [-0.1, -0.05) is 30.0 Å². The zero-order valence-corrected chi connectivity index (χ0v) is 17.4. The predicted octanol–water partition coefficient (Wildman–Crippen LogP) is 4.16. The molecule has 7 nitrogen and oxygen atoms in total. The first-order valence-electron chi connectivity index (χ1n) is 9.52. The van der Waals surface area contributed by atoms with Gasteiger partial charge in [-0.25, -0.2) is 14.8 Å². The molecule has 2 aliphatic rings. The highest BCUT2D eigenvalue weighted by atomic mass is 32.2. The fourth-order valence-corrected chi connectivity index (χ4v) is 4.65. The van der Waals surface area contributed by atoms with Crippen LogP contribution < -0.4 is 0 Å². The lowest BCUT2D eigenvalue weighted by Crippen LogP contribution is -2.28. The number of carbonyl (C=O) groups excluding carboxylic acids is 2. The smallest absolute Gasteiger partial charge is 0.340 e. The third-order valence-electron chi connectivity index (χ3n) is 5.00. The van der Waals surface area contributed by atoms with E-state index in [4.69, 9.17) is 9.73 Å². The molecule has 0 spiro atoms. The van der Waals surface area contributed by atoms with Crippen molar-refractivity contribution in [3.05, 3.63) is 52.3 Å². The van der Waals surface area contributed by atoms with Gasteiger partial charge in [0, 0.05) is 29.6 Å². The summed E-state index contributed by atoms with van der Waals surface area (Å²) in [4.78, 5) is 33.2. The van der Waals surface area contributed by atoms with Gasteiger partial charge in [-0.2, -0.15) is 5.10 Å². The highest BCUT2D eigenvalue weighted by molar-refractivity contribution is 8.14. The van der Waals surface area contributed by atoms with Gasteiger partial charge in [0.25, 0.3) is 0 Å². The Morgan fingerprint density at radius 1 is 1.24 bits per heavy atom. The Morgan fingerprint density at radius 3 is 2.79 bits per heavy atom. The maximum absolute atomic E-state index is 13.0. The number of para-hydroxylation sites is 1. The summed E-state index contributed by atoms with van der Waals surface area (Å²) in [6, 6.07) is 8.12. The second kappa shape index (κ2) is 7.87. The lowest BCUT2D eigenvalue weighted by Gasteiger charge is -2.29. The molecule has 0 bridgehead atoms. The van der Waals surface area contributed by atoms with Crippen LogP contribution in [0.15, 0.2) is 34.4 Å². The molecule has 1 aromatic carbocycles. The van der Waals surface area contributed by atoms with Crippen molar-refractivity contribution < 1.29 is 14.3 Å². The molecule has 0 aliphatic carbocycles. The van der Waals surface area contributed by atoms with Crippen molar-refractivity contribution in [3.8, 4) is 0 Å². The molecular weight excluding hydrogens is 388 g/mol. The minimum Gasteiger partial charge on any atom is -0.462 e. The van der Waals surface area contributed by atoms with E-state index in [0.717, 1.165) is 17.7 Å². The van der Waals surface area contributed by atoms with Crippen LogP contribution in [0.5, 0.6) is 0 Å². The van der Waals surface area contributed by atoms with Gasteiger partial charge < -0.3 is 9.72 Å². The number of ether oxygens (including phenoxy) is 1. The van der Waals surface area contributed by atoms with Crippen molar-refractivity contribution in [2.45, 2.75) is 33.2 Å². The van der Waals surface area contributed by atoms with Gasteiger partial charge in [-0.15, -0.1) is 0 Å². The molecular formula is C21H22N4O3S. The summed E-state index contributed by atoms with van der Waals surface area (Å²) in [6.07, 6.45) is 2.69. The molecule has 0 saturated carbocycles. The van der Waals surface area contributed by atoms with Crippen LogP contribution in [0.2, 0.25) is 0 Å². The van der Waals surface area contributed by atoms with Crippen molar-refractivity contribution in [1.82, 2.24) is 9.99 Å². The highest BCUT2D eigenvalue weighted by Gasteiger charge is 2.33. The molecule has 0 saturated heterocycles. The predicted molar refractivity (Wildman–Crippen MR) is 114 cm³/mol. The van der Waals surface area contributed by atoms with Crippen LogP contribution in [-0.2, 0) is 4.74 Å². The molecule has 150 valence electrons. The van der Waals surface area contributed by atoms with Gasteiger partial charge in [0.15, 0.2) is 11.0 Å². The first kappa shape index (κ1) is 19.4. The normalized spacial score (nSPS) is 17.0. The van der Waals surface area contributed by atoms with Crippen molar-refractivity contribution in [1.29, 1.82) is 0 Å². The number of esters is 1. The van der Waals surface area contributed by atoms with Crippen molar-refractivity contribution in [3.63, 3.8) is 0 Å². The largest absolute Gasteiger partial charge is 0.462 e. The molecule has 0 amide bonds. The Bertz CT molecular complexity index is 1040. The maximum atomic E-state index is 13.0. The summed E-state index contributed by atoms with van der Waals surface area (Å²) in [5.74, 6) is -0.457. The third-order valence-corrected chi connectivity index (χ3v) is 5.95. The zero-order valence-electron chi connectivity index (χ0n) is 16.6. The van der Waals surface area contributed by atoms with Gasteiger partial charge in [-0.3, -0.25) is 4.79 Å². The molecule has 4 rings (SSSR count). The van der Waals surface area contributed by atoms with Crippen LogP contribution in [-0.4, -0.2) is 45.5 Å². The molecule has 8 heteroatoms. The number of aryl methyl sites for hydroxylation is 2. The van der Waals surface area contributed by atoms with Gasteiger partial charge in [-0.05, 0) is 26.8 Å². The molecule has 1 N–H and O–H groups in total. The summed E-state index contributed by atoms with van der Waals surface area (Å²) in [5, 5.41) is 7.02. The van der Waals surface area contributed by atoms with E-state index in [0.29, 0.717) is 27.7 Å². The van der Waals surface area contributed by atoms with E-state index in [1.807, 2.05) is 29.4 Å². The summed E-state index contributed by atoms with van der Waals surface area (Å²) >= 11 is 1.34. The third kappa shape index (κ3) is 3.48. The number of Topliss-reactive ketones (excluding diaryl/α,β-unsaturated/α-hetero) is 1.